The average Bonchev–Trinajstić information content (AvgIpc) is 3.47. The molecule has 4 amide bonds. The van der Waals surface area contributed by atoms with E-state index in [2.05, 4.69) is 44.5 Å². The Morgan fingerprint density at radius 2 is 1.06 bits per heavy atom. The second kappa shape index (κ2) is 30.6. The van der Waals surface area contributed by atoms with E-state index in [4.69, 9.17) is 37.9 Å². The van der Waals surface area contributed by atoms with Crippen LogP contribution in [0.2, 0.25) is 0 Å². The zero-order valence-electron chi connectivity index (χ0n) is 43.5. The second-order valence-electron chi connectivity index (χ2n) is 19.2. The summed E-state index contributed by atoms with van der Waals surface area (Å²) in [6.07, 6.45) is -18.1. The van der Waals surface area contributed by atoms with Gasteiger partial charge >= 0.3 is 10.4 Å². The van der Waals surface area contributed by atoms with E-state index >= 15 is 0 Å². The first-order valence-corrected chi connectivity index (χ1v) is 27.0. The standard InChI is InChI=1S/C48H76N4O25S/c1-5-6-7-8-9-10-11-12-13-17-69-27-16-14-15-26(18-27)44(64)52-33-37(60)36(59)28(19-53)72-46(33)75-41-29(20-54)73-47(34(39(41)62)50-24(3)57)76-42-30(21-55)74-48(35(40(42)63)51-25(4)58)77-43-31(22-70-78(66,67)68)71-45(65)32(38(43)61)49-23(2)56/h10-11,14-16,18,28-43,45-48,53-55,59-63,65H,5-9,12-13,17,19-22H2,1-4H3,(H,49,56)(H,50,57)(H,51,58)(H,52,64)(H,66,67,68)/b11-10-/t28?,29-,30?,31-,32?,33?,34?,35?,36+,37-,38?,39?,40-,41-,42+,43-,45?,46+,47-,48+/m1/s1. The lowest BCUT2D eigenvalue weighted by Crippen LogP contribution is -2.71. The van der Waals surface area contributed by atoms with Gasteiger partial charge in [0.25, 0.3) is 5.91 Å². The molecule has 1 aromatic rings. The van der Waals surface area contributed by atoms with Crippen molar-refractivity contribution in [2.45, 2.75) is 195 Å². The van der Waals surface area contributed by atoms with Crippen molar-refractivity contribution in [3.8, 4) is 5.75 Å². The zero-order chi connectivity index (χ0) is 57.4. The van der Waals surface area contributed by atoms with Crippen LogP contribution in [0.3, 0.4) is 0 Å². The highest BCUT2D eigenvalue weighted by Gasteiger charge is 2.56. The number of carbonyl (C=O) groups excluding carboxylic acids is 4. The summed E-state index contributed by atoms with van der Waals surface area (Å²) in [5.74, 6) is -2.85. The number of allylic oxidation sites excluding steroid dienone is 2. The number of rotatable bonds is 27. The second-order valence-corrected chi connectivity index (χ2v) is 20.3. The van der Waals surface area contributed by atoms with Crippen LogP contribution >= 0.6 is 0 Å². The zero-order valence-corrected chi connectivity index (χ0v) is 44.3. The van der Waals surface area contributed by atoms with Crippen molar-refractivity contribution in [1.29, 1.82) is 0 Å². The number of hydrogen-bond donors (Lipinski definition) is 14. The Bertz CT molecular complexity index is 2220. The first-order chi connectivity index (χ1) is 37.0. The summed E-state index contributed by atoms with van der Waals surface area (Å²) in [6, 6.07) is -0.669. The number of ether oxygens (including phenoxy) is 8. The number of benzene rings is 1. The number of unbranched alkanes of at least 4 members (excludes halogenated alkanes) is 5. The first-order valence-electron chi connectivity index (χ1n) is 25.6. The van der Waals surface area contributed by atoms with Crippen molar-refractivity contribution in [2.24, 2.45) is 0 Å². The third-order valence-electron chi connectivity index (χ3n) is 13.2. The highest BCUT2D eigenvalue weighted by molar-refractivity contribution is 7.80. The van der Waals surface area contributed by atoms with Crippen molar-refractivity contribution in [3.63, 3.8) is 0 Å². The number of nitrogens with one attached hydrogen (secondary N) is 4. The largest absolute Gasteiger partial charge is 0.494 e. The Hall–Kier alpha value is -4.13. The van der Waals surface area contributed by atoms with E-state index in [1.807, 2.05) is 0 Å². The molecule has 9 unspecified atom stereocenters. The Kier molecular flexibility index (Phi) is 25.4. The third-order valence-corrected chi connectivity index (χ3v) is 13.6. The molecule has 4 saturated heterocycles. The number of amides is 4. The van der Waals surface area contributed by atoms with Crippen LogP contribution in [0.1, 0.15) is 83.0 Å². The van der Waals surface area contributed by atoms with Crippen molar-refractivity contribution in [1.82, 2.24) is 21.3 Å². The predicted molar refractivity (Wildman–Crippen MR) is 263 cm³/mol. The van der Waals surface area contributed by atoms with Crippen LogP contribution in [-0.2, 0) is 62.1 Å². The molecule has 4 heterocycles. The highest BCUT2D eigenvalue weighted by Crippen LogP contribution is 2.35. The number of aliphatic hydroxyl groups is 9. The molecule has 0 radical (unpaired) electrons. The van der Waals surface area contributed by atoms with Crippen molar-refractivity contribution in [3.05, 3.63) is 42.0 Å². The van der Waals surface area contributed by atoms with E-state index < -0.39 is 183 Å². The van der Waals surface area contributed by atoms with Crippen LogP contribution in [-0.4, -0.2) is 238 Å². The molecular formula is C48H76N4O25S. The summed E-state index contributed by atoms with van der Waals surface area (Å²) in [7, 11) is -5.16. The van der Waals surface area contributed by atoms with Gasteiger partial charge in [0.1, 0.15) is 103 Å². The van der Waals surface area contributed by atoms with E-state index in [9.17, 15) is 78.1 Å². The lowest BCUT2D eigenvalue weighted by molar-refractivity contribution is -0.361. The number of aliphatic hydroxyl groups excluding tert-OH is 9. The lowest BCUT2D eigenvalue weighted by Gasteiger charge is -2.51. The van der Waals surface area contributed by atoms with Gasteiger partial charge in [-0.05, 0) is 43.9 Å². The van der Waals surface area contributed by atoms with E-state index in [1.165, 1.54) is 31.4 Å². The minimum atomic E-state index is -5.16. The van der Waals surface area contributed by atoms with Gasteiger partial charge < -0.3 is 105 Å². The molecule has 4 aliphatic rings. The van der Waals surface area contributed by atoms with E-state index in [1.54, 1.807) is 12.1 Å². The minimum absolute atomic E-state index is 0.0587. The quantitative estimate of drug-likeness (QED) is 0.0225. The maximum Gasteiger partial charge on any atom is 0.397 e. The molecule has 0 spiro atoms. The van der Waals surface area contributed by atoms with Crippen LogP contribution in [0, 0.1) is 0 Å². The monoisotopic (exact) mass is 1140 g/mol. The average molecular weight is 1140 g/mol. The van der Waals surface area contributed by atoms with Crippen molar-refractivity contribution >= 4 is 34.0 Å². The number of carbonyl (C=O) groups is 4. The summed E-state index contributed by atoms with van der Waals surface area (Å²) in [4.78, 5) is 51.1. The van der Waals surface area contributed by atoms with Gasteiger partial charge in [-0.1, -0.05) is 44.4 Å². The Balaban J connectivity index is 1.34. The molecular weight excluding hydrogens is 1060 g/mol. The van der Waals surface area contributed by atoms with Crippen LogP contribution in [0.25, 0.3) is 0 Å². The fourth-order valence-electron chi connectivity index (χ4n) is 9.35. The molecule has 0 bridgehead atoms. The Morgan fingerprint density at radius 1 is 0.590 bits per heavy atom. The Morgan fingerprint density at radius 3 is 1.56 bits per heavy atom. The fraction of sp³-hybridized carbons (Fsp3) is 0.750. The van der Waals surface area contributed by atoms with E-state index in [-0.39, 0.29) is 5.56 Å². The molecule has 4 fully saturated rings. The fourth-order valence-corrected chi connectivity index (χ4v) is 9.66. The summed E-state index contributed by atoms with van der Waals surface area (Å²) in [5, 5.41) is 109. The molecule has 1 aromatic carbocycles. The van der Waals surface area contributed by atoms with Crippen LogP contribution < -0.4 is 26.0 Å². The summed E-state index contributed by atoms with van der Waals surface area (Å²) in [6.45, 7) is 1.59. The smallest absolute Gasteiger partial charge is 0.397 e. The summed E-state index contributed by atoms with van der Waals surface area (Å²) in [5.41, 5.74) is 0.0587. The molecule has 0 saturated carbocycles. The maximum atomic E-state index is 13.8. The third kappa shape index (κ3) is 17.9. The van der Waals surface area contributed by atoms with Crippen molar-refractivity contribution < 1.29 is 120 Å². The van der Waals surface area contributed by atoms with Crippen LogP contribution in [0.5, 0.6) is 5.75 Å². The topological polar surface area (TPSA) is 436 Å². The Labute approximate surface area is 450 Å². The van der Waals surface area contributed by atoms with Gasteiger partial charge in [-0.3, -0.25) is 23.7 Å². The van der Waals surface area contributed by atoms with Gasteiger partial charge in [0.2, 0.25) is 17.7 Å². The van der Waals surface area contributed by atoms with Gasteiger partial charge in [0, 0.05) is 26.3 Å². The van der Waals surface area contributed by atoms with Gasteiger partial charge in [-0.15, -0.1) is 0 Å². The highest BCUT2D eigenvalue weighted by atomic mass is 32.3. The first kappa shape index (κ1) is 64.7. The van der Waals surface area contributed by atoms with Crippen LogP contribution in [0.4, 0.5) is 0 Å². The van der Waals surface area contributed by atoms with E-state index in [0.717, 1.165) is 40.0 Å². The molecule has 20 atom stereocenters. The van der Waals surface area contributed by atoms with Gasteiger partial charge in [-0.2, -0.15) is 8.42 Å². The minimum Gasteiger partial charge on any atom is -0.494 e. The van der Waals surface area contributed by atoms with Gasteiger partial charge in [0.05, 0.1) is 33.0 Å². The summed E-state index contributed by atoms with van der Waals surface area (Å²) < 4.78 is 83.9. The normalized spacial score (nSPS) is 35.4. The molecule has 78 heavy (non-hydrogen) atoms. The van der Waals surface area contributed by atoms with E-state index in [0.29, 0.717) is 18.8 Å². The molecule has 444 valence electrons. The molecule has 14 N–H and O–H groups in total. The predicted octanol–water partition coefficient (Wildman–Crippen LogP) is -4.37. The maximum absolute atomic E-state index is 13.8. The molecule has 29 nitrogen and oxygen atoms in total. The molecule has 30 heteroatoms. The SMILES string of the molecule is CCCCCC/C=C\CCCOc1cccc(C(=O)NC2[C@H](O[C@H]3C(O)C(NC(C)=O)[C@@H](O[C@H]4C(CO)O[C@@H](O[C@H]5C(O)C(NC(C)=O)C(O)O[C@@H]5COS(=O)(=O)O)C(NC(C)=O)[C@H]4O)O[C@@H]3CO)OC(CO)[C@H](O)[C@@H]2O)c1. The molecule has 0 aliphatic carbocycles. The molecule has 4 aliphatic heterocycles. The number of hydrogen-bond acceptors (Lipinski definition) is 24. The molecule has 0 aromatic heterocycles. The summed E-state index contributed by atoms with van der Waals surface area (Å²) >= 11 is 0. The van der Waals surface area contributed by atoms with Crippen molar-refractivity contribution in [2.75, 3.05) is 33.0 Å². The van der Waals surface area contributed by atoms with Gasteiger partial charge in [-0.25, -0.2) is 4.18 Å². The van der Waals surface area contributed by atoms with Crippen LogP contribution in [0.15, 0.2) is 36.4 Å². The van der Waals surface area contributed by atoms with Gasteiger partial charge in [0.15, 0.2) is 25.2 Å². The lowest BCUT2D eigenvalue weighted by atomic mass is 9.93. The molecule has 5 rings (SSSR count).